The Morgan fingerprint density at radius 2 is 1.60 bits per heavy atom. The number of hydrogen-bond acceptors (Lipinski definition) is 3. The van der Waals surface area contributed by atoms with Crippen molar-refractivity contribution in [1.29, 1.82) is 0 Å². The zero-order valence-corrected chi connectivity index (χ0v) is 15.5. The summed E-state index contributed by atoms with van der Waals surface area (Å²) in [6, 6.07) is 7.41. The zero-order chi connectivity index (χ0) is 17.3. The van der Waals surface area contributed by atoms with Crippen LogP contribution in [0.1, 0.15) is 6.42 Å². The Bertz CT molecular complexity index is 782. The lowest BCUT2D eigenvalue weighted by Crippen LogP contribution is -2.40. The molecule has 5 aliphatic rings. The number of carbonyl (C=O) groups is 3. The van der Waals surface area contributed by atoms with E-state index in [4.69, 9.17) is 0 Å². The lowest BCUT2D eigenvalue weighted by molar-refractivity contribution is -0.142. The summed E-state index contributed by atoms with van der Waals surface area (Å²) in [6.45, 7) is -0.189. The average molecular weight is 448 g/mol. The number of halogens is 1. The Kier molecular flexibility index (Phi) is 3.36. The van der Waals surface area contributed by atoms with E-state index in [0.29, 0.717) is 17.5 Å². The maximum Gasteiger partial charge on any atom is 0.244 e. The van der Waals surface area contributed by atoms with Gasteiger partial charge in [0, 0.05) is 9.26 Å². The highest BCUT2D eigenvalue weighted by Gasteiger charge is 2.67. The Morgan fingerprint density at radius 3 is 2.16 bits per heavy atom. The van der Waals surface area contributed by atoms with Gasteiger partial charge in [-0.25, -0.2) is 0 Å². The maximum absolute atomic E-state index is 12.8. The van der Waals surface area contributed by atoms with Crippen LogP contribution < -0.4 is 5.32 Å². The summed E-state index contributed by atoms with van der Waals surface area (Å²) in [6.07, 6.45) is 5.42. The average Bonchev–Trinajstić information content (AvgIpc) is 3.38. The third-order valence-corrected chi connectivity index (χ3v) is 6.90. The lowest BCUT2D eigenvalue weighted by atomic mass is 9.63. The normalized spacial score (nSPS) is 37.1. The molecule has 0 spiro atoms. The number of carbonyl (C=O) groups excluding carboxylic acids is 3. The third kappa shape index (κ3) is 2.29. The summed E-state index contributed by atoms with van der Waals surface area (Å²) >= 11 is 2.19. The highest BCUT2D eigenvalue weighted by molar-refractivity contribution is 14.1. The molecule has 0 aromatic heterocycles. The number of amides is 3. The summed E-state index contributed by atoms with van der Waals surface area (Å²) in [5.74, 6) is 0.431. The SMILES string of the molecule is O=C(CN1C(=O)[C@H]2[C@@H]3C=C[C@@H]([C@H]4C[C@H]34)[C@@H]2C1=O)Nc1ccc(I)cc1. The number of allylic oxidation sites excluding steroid dienone is 2. The van der Waals surface area contributed by atoms with Gasteiger partial charge < -0.3 is 5.32 Å². The summed E-state index contributed by atoms with van der Waals surface area (Å²) < 4.78 is 1.08. The molecule has 2 bridgehead atoms. The van der Waals surface area contributed by atoms with Crippen molar-refractivity contribution in [2.24, 2.45) is 35.5 Å². The van der Waals surface area contributed by atoms with Gasteiger partial charge >= 0.3 is 0 Å². The second-order valence-corrected chi connectivity index (χ2v) is 8.72. The van der Waals surface area contributed by atoms with Crippen LogP contribution in [-0.4, -0.2) is 29.2 Å². The summed E-state index contributed by atoms with van der Waals surface area (Å²) in [5.41, 5.74) is 0.671. The van der Waals surface area contributed by atoms with Crippen molar-refractivity contribution in [3.8, 4) is 0 Å². The minimum absolute atomic E-state index is 0.155. The van der Waals surface area contributed by atoms with Crippen molar-refractivity contribution >= 4 is 46.0 Å². The number of nitrogens with zero attached hydrogens (tertiary/aromatic N) is 1. The second kappa shape index (κ2) is 5.40. The van der Waals surface area contributed by atoms with E-state index in [1.54, 1.807) is 0 Å². The molecule has 1 aromatic carbocycles. The molecule has 4 aliphatic carbocycles. The van der Waals surface area contributed by atoms with Crippen LogP contribution in [0.4, 0.5) is 5.69 Å². The van der Waals surface area contributed by atoms with Gasteiger partial charge in [0.05, 0.1) is 11.8 Å². The quantitative estimate of drug-likeness (QED) is 0.439. The van der Waals surface area contributed by atoms with Gasteiger partial charge in [-0.05, 0) is 76.9 Å². The molecule has 3 fully saturated rings. The van der Waals surface area contributed by atoms with Crippen molar-refractivity contribution in [3.63, 3.8) is 0 Å². The number of rotatable bonds is 3. The van der Waals surface area contributed by atoms with E-state index in [2.05, 4.69) is 40.1 Å². The molecule has 6 heteroatoms. The summed E-state index contributed by atoms with van der Waals surface area (Å²) in [7, 11) is 0. The van der Waals surface area contributed by atoms with Crippen LogP contribution in [0.3, 0.4) is 0 Å². The van der Waals surface area contributed by atoms with Crippen molar-refractivity contribution in [2.75, 3.05) is 11.9 Å². The van der Waals surface area contributed by atoms with Crippen LogP contribution in [-0.2, 0) is 14.4 Å². The smallest absolute Gasteiger partial charge is 0.244 e. The van der Waals surface area contributed by atoms with Gasteiger partial charge in [0.2, 0.25) is 17.7 Å². The van der Waals surface area contributed by atoms with E-state index in [9.17, 15) is 14.4 Å². The highest BCUT2D eigenvalue weighted by atomic mass is 127. The topological polar surface area (TPSA) is 66.5 Å². The first kappa shape index (κ1) is 15.5. The molecule has 2 saturated carbocycles. The van der Waals surface area contributed by atoms with Gasteiger partial charge in [-0.2, -0.15) is 0 Å². The molecule has 1 aliphatic heterocycles. The minimum Gasteiger partial charge on any atom is -0.325 e. The van der Waals surface area contributed by atoms with E-state index in [1.807, 2.05) is 24.3 Å². The third-order valence-electron chi connectivity index (χ3n) is 6.18. The van der Waals surface area contributed by atoms with Gasteiger partial charge in [0.1, 0.15) is 6.54 Å². The maximum atomic E-state index is 12.8. The Hall–Kier alpha value is -1.70. The van der Waals surface area contributed by atoms with Crippen molar-refractivity contribution in [2.45, 2.75) is 6.42 Å². The first-order valence-electron chi connectivity index (χ1n) is 8.63. The molecule has 3 amide bonds. The molecule has 0 unspecified atom stereocenters. The number of anilines is 1. The van der Waals surface area contributed by atoms with E-state index in [-0.39, 0.29) is 47.9 Å². The fourth-order valence-electron chi connectivity index (χ4n) is 5.05. The number of imide groups is 1. The molecule has 1 saturated heterocycles. The molecule has 1 heterocycles. The van der Waals surface area contributed by atoms with Crippen molar-refractivity contribution in [1.82, 2.24) is 4.90 Å². The molecular weight excluding hydrogens is 431 g/mol. The van der Waals surface area contributed by atoms with Crippen LogP contribution in [0, 0.1) is 39.1 Å². The number of nitrogens with one attached hydrogen (secondary N) is 1. The van der Waals surface area contributed by atoms with E-state index < -0.39 is 0 Å². The highest BCUT2D eigenvalue weighted by Crippen LogP contribution is 2.65. The predicted octanol–water partition coefficient (Wildman–Crippen LogP) is 2.28. The van der Waals surface area contributed by atoms with Crippen LogP contribution in [0.2, 0.25) is 0 Å². The molecule has 0 radical (unpaired) electrons. The number of benzene rings is 1. The minimum atomic E-state index is -0.327. The first-order valence-corrected chi connectivity index (χ1v) is 9.71. The first-order chi connectivity index (χ1) is 12.0. The van der Waals surface area contributed by atoms with Gasteiger partial charge in [-0.15, -0.1) is 0 Å². The Morgan fingerprint density at radius 1 is 1.04 bits per heavy atom. The fraction of sp³-hybridized carbons (Fsp3) is 0.421. The van der Waals surface area contributed by atoms with Crippen LogP contribution >= 0.6 is 22.6 Å². The molecule has 25 heavy (non-hydrogen) atoms. The Labute approximate surface area is 159 Å². The van der Waals surface area contributed by atoms with E-state index >= 15 is 0 Å². The standard InChI is InChI=1S/C19H17IN2O3/c20-9-1-3-10(4-2-9)21-15(23)8-22-18(24)16-11-5-6-12(14-7-13(11)14)17(16)19(22)25/h1-6,11-14,16-17H,7-8H2,(H,21,23)/t11-,12+,13-,14-,16+,17+/m1/s1. The van der Waals surface area contributed by atoms with Gasteiger partial charge in [-0.1, -0.05) is 12.2 Å². The molecule has 6 rings (SSSR count). The summed E-state index contributed by atoms with van der Waals surface area (Å²) in [5, 5.41) is 2.77. The largest absolute Gasteiger partial charge is 0.325 e. The van der Waals surface area contributed by atoms with Crippen molar-refractivity contribution < 1.29 is 14.4 Å². The predicted molar refractivity (Wildman–Crippen MR) is 99.2 cm³/mol. The van der Waals surface area contributed by atoms with Crippen LogP contribution in [0.15, 0.2) is 36.4 Å². The van der Waals surface area contributed by atoms with Gasteiger partial charge in [-0.3, -0.25) is 19.3 Å². The molecular formula is C19H17IN2O3. The molecule has 1 aromatic rings. The zero-order valence-electron chi connectivity index (χ0n) is 13.4. The number of hydrogen-bond donors (Lipinski definition) is 1. The van der Waals surface area contributed by atoms with Gasteiger partial charge in [0.15, 0.2) is 0 Å². The summed E-state index contributed by atoms with van der Waals surface area (Å²) in [4.78, 5) is 39.2. The van der Waals surface area contributed by atoms with Crippen LogP contribution in [0.5, 0.6) is 0 Å². The van der Waals surface area contributed by atoms with E-state index in [0.717, 1.165) is 9.99 Å². The number of likely N-dealkylation sites (tertiary alicyclic amines) is 1. The molecule has 1 N–H and O–H groups in total. The van der Waals surface area contributed by atoms with Gasteiger partial charge in [0.25, 0.3) is 0 Å². The second-order valence-electron chi connectivity index (χ2n) is 7.47. The molecule has 5 nitrogen and oxygen atoms in total. The van der Waals surface area contributed by atoms with E-state index in [1.165, 1.54) is 4.90 Å². The monoisotopic (exact) mass is 448 g/mol. The Balaban J connectivity index is 1.32. The molecule has 128 valence electrons. The van der Waals surface area contributed by atoms with Crippen LogP contribution in [0.25, 0.3) is 0 Å². The fourth-order valence-corrected chi connectivity index (χ4v) is 5.41. The van der Waals surface area contributed by atoms with Crippen molar-refractivity contribution in [3.05, 3.63) is 40.0 Å². The lowest BCUT2D eigenvalue weighted by Gasteiger charge is -2.37. The molecule has 6 atom stereocenters.